The number of carbonyl (C=O) groups is 2. The topological polar surface area (TPSA) is 217 Å². The van der Waals surface area contributed by atoms with Crippen LogP contribution in [0.5, 0.6) is 5.75 Å². The predicted octanol–water partition coefficient (Wildman–Crippen LogP) is 3.50. The second-order valence-corrected chi connectivity index (χ2v) is 14.2. The molecule has 6 rings (SSSR count). The number of carbonyl (C=O) groups excluding carboxylic acids is 2. The van der Waals surface area contributed by atoms with Crippen LogP contribution in [0.3, 0.4) is 0 Å². The van der Waals surface area contributed by atoms with E-state index in [0.29, 0.717) is 11.3 Å². The molecule has 55 heavy (non-hydrogen) atoms. The lowest BCUT2D eigenvalue weighted by Crippen LogP contribution is -2.47. The van der Waals surface area contributed by atoms with Crippen LogP contribution in [-0.4, -0.2) is 61.1 Å². The number of hydrogen-bond donors (Lipinski definition) is 1. The van der Waals surface area contributed by atoms with Crippen LogP contribution in [0.2, 0.25) is 5.28 Å². The van der Waals surface area contributed by atoms with Gasteiger partial charge in [-0.3, -0.25) is 19.1 Å². The summed E-state index contributed by atoms with van der Waals surface area (Å²) in [5.74, 6) is 0.504. The van der Waals surface area contributed by atoms with Crippen LogP contribution in [-0.2, 0) is 37.6 Å². The van der Waals surface area contributed by atoms with Crippen LogP contribution < -0.4 is 21.9 Å². The minimum atomic E-state index is -1.75. The molecule has 0 amide bonds. The zero-order valence-corrected chi connectivity index (χ0v) is 31.8. The maximum Gasteiger partial charge on any atom is 0.519 e. The highest BCUT2D eigenvalue weighted by molar-refractivity contribution is 6.28. The Balaban J connectivity index is 1.41. The van der Waals surface area contributed by atoms with Gasteiger partial charge >= 0.3 is 23.6 Å². The van der Waals surface area contributed by atoms with Crippen molar-refractivity contribution in [1.29, 1.82) is 0 Å². The van der Waals surface area contributed by atoms with Crippen LogP contribution >= 0.6 is 11.6 Å². The fourth-order valence-electron chi connectivity index (χ4n) is 6.94. The molecule has 4 aromatic heterocycles. The van der Waals surface area contributed by atoms with Gasteiger partial charge in [-0.05, 0) is 56.5 Å². The van der Waals surface area contributed by atoms with E-state index in [4.69, 9.17) is 49.9 Å². The SMILES string of the molecule is C#C[C@]1(CO)OCC(n2cnc3/c(=N/Cc4oc(=O)oc4C)n(Cc4oc(=O)oc4C)c(Cl)nc32)[C@@H]1OC(=O)CC(C)(C)c1c(C)cc(C)cc1OC(C)=O. The van der Waals surface area contributed by atoms with E-state index in [0.717, 1.165) is 11.1 Å². The number of imidazole rings is 1. The van der Waals surface area contributed by atoms with E-state index >= 15 is 0 Å². The van der Waals surface area contributed by atoms with Crippen LogP contribution in [0.1, 0.15) is 73.0 Å². The molecule has 1 fully saturated rings. The number of terminal acetylenes is 1. The van der Waals surface area contributed by atoms with Crippen molar-refractivity contribution in [1.82, 2.24) is 19.1 Å². The predicted molar refractivity (Wildman–Crippen MR) is 191 cm³/mol. The van der Waals surface area contributed by atoms with Gasteiger partial charge in [-0.15, -0.1) is 6.42 Å². The van der Waals surface area contributed by atoms with E-state index in [-0.39, 0.29) is 71.1 Å². The maximum atomic E-state index is 13.9. The van der Waals surface area contributed by atoms with E-state index in [9.17, 15) is 24.3 Å². The number of benzene rings is 1. The number of halogens is 1. The first kappa shape index (κ1) is 39.0. The third-order valence-electron chi connectivity index (χ3n) is 9.38. The Kier molecular flexibility index (Phi) is 10.5. The molecule has 17 nitrogen and oxygen atoms in total. The van der Waals surface area contributed by atoms with Crippen molar-refractivity contribution < 1.29 is 46.6 Å². The molecule has 1 unspecified atom stereocenters. The summed E-state index contributed by atoms with van der Waals surface area (Å²) in [5.41, 5.74) is 0.179. The van der Waals surface area contributed by atoms with E-state index in [2.05, 4.69) is 20.9 Å². The monoisotopic (exact) mass is 779 g/mol. The number of ether oxygens (including phenoxy) is 3. The standard InChI is InChI=1S/C37H38ClN5O12/c1-9-37(16-44)30(55-27(46)12-36(7,8)28-19(3)10-18(2)11-24(28)52-22(6)45)23(15-49-37)43-17-40-29-31(39-13-25-20(4)50-34(47)53-25)42(33(38)41-32(29)43)14-26-21(5)51-35(48)54-26/h1,10-11,17,23,30,44H,12-16H2,2-8H3/b39-31-/t23?,30-,37+/m0/s1. The second kappa shape index (κ2) is 14.9. The lowest BCUT2D eigenvalue weighted by molar-refractivity contribution is -0.159. The van der Waals surface area contributed by atoms with Gasteiger partial charge in [-0.1, -0.05) is 25.8 Å². The number of aliphatic hydroxyl groups is 1. The van der Waals surface area contributed by atoms with Gasteiger partial charge in [0.25, 0.3) is 0 Å². The van der Waals surface area contributed by atoms with E-state index < -0.39 is 53.4 Å². The normalized spacial score (nSPS) is 18.9. The first-order valence-corrected chi connectivity index (χ1v) is 17.4. The molecule has 0 bridgehead atoms. The number of hydrogen-bond acceptors (Lipinski definition) is 15. The molecule has 0 spiro atoms. The maximum absolute atomic E-state index is 13.9. The molecule has 0 aliphatic carbocycles. The summed E-state index contributed by atoms with van der Waals surface area (Å²) in [4.78, 5) is 63.3. The first-order valence-electron chi connectivity index (χ1n) is 17.0. The molecule has 5 heterocycles. The van der Waals surface area contributed by atoms with Crippen LogP contribution in [0.15, 0.2) is 50.7 Å². The molecule has 290 valence electrons. The molecule has 1 aromatic carbocycles. The summed E-state index contributed by atoms with van der Waals surface area (Å²) in [6.45, 7) is 10.6. The van der Waals surface area contributed by atoms with Gasteiger partial charge in [0.2, 0.25) is 5.28 Å². The van der Waals surface area contributed by atoms with Gasteiger partial charge in [0.1, 0.15) is 29.9 Å². The Hall–Kier alpha value is -5.70. The lowest BCUT2D eigenvalue weighted by atomic mass is 9.78. The number of aromatic nitrogens is 4. The van der Waals surface area contributed by atoms with E-state index in [1.165, 1.54) is 24.7 Å². The molecule has 1 N–H and O–H groups in total. The number of esters is 2. The third-order valence-corrected chi connectivity index (χ3v) is 9.67. The fourth-order valence-corrected chi connectivity index (χ4v) is 7.16. The van der Waals surface area contributed by atoms with Crippen LogP contribution in [0.25, 0.3) is 11.2 Å². The van der Waals surface area contributed by atoms with Gasteiger partial charge in [-0.2, -0.15) is 4.98 Å². The highest BCUT2D eigenvalue weighted by Crippen LogP contribution is 2.41. The quantitative estimate of drug-likeness (QED) is 0.0879. The largest absolute Gasteiger partial charge is 0.519 e. The van der Waals surface area contributed by atoms with Gasteiger partial charge < -0.3 is 41.6 Å². The van der Waals surface area contributed by atoms with Crippen molar-refractivity contribution >= 4 is 34.7 Å². The Morgan fingerprint density at radius 3 is 2.38 bits per heavy atom. The molecular weight excluding hydrogens is 742 g/mol. The van der Waals surface area contributed by atoms with Gasteiger partial charge in [0, 0.05) is 17.9 Å². The Bertz CT molecular complexity index is 2540. The smallest absolute Gasteiger partial charge is 0.456 e. The van der Waals surface area contributed by atoms with Crippen molar-refractivity contribution in [3.8, 4) is 18.1 Å². The van der Waals surface area contributed by atoms with Gasteiger partial charge in [0.15, 0.2) is 39.9 Å². The summed E-state index contributed by atoms with van der Waals surface area (Å²) >= 11 is 6.79. The highest BCUT2D eigenvalue weighted by atomic mass is 35.5. The third kappa shape index (κ3) is 7.53. The van der Waals surface area contributed by atoms with Gasteiger partial charge in [-0.25, -0.2) is 14.6 Å². The number of aryl methyl sites for hydroxylation is 4. The van der Waals surface area contributed by atoms with Crippen molar-refractivity contribution in [3.63, 3.8) is 0 Å². The summed E-state index contributed by atoms with van der Waals surface area (Å²) in [6.07, 6.45) is 5.90. The number of nitrogens with zero attached hydrogens (tertiary/aromatic N) is 5. The van der Waals surface area contributed by atoms with E-state index in [1.54, 1.807) is 17.6 Å². The molecule has 18 heteroatoms. The number of fused-ring (bicyclic) bond motifs is 1. The summed E-state index contributed by atoms with van der Waals surface area (Å²) < 4.78 is 41.0. The Labute approximate surface area is 317 Å². The first-order chi connectivity index (χ1) is 26.0. The molecule has 1 aliphatic heterocycles. The molecule has 0 saturated carbocycles. The van der Waals surface area contributed by atoms with Crippen molar-refractivity contribution in [2.75, 3.05) is 13.2 Å². The molecule has 5 aromatic rings. The zero-order valence-electron chi connectivity index (χ0n) is 31.1. The zero-order chi connectivity index (χ0) is 40.0. The Morgan fingerprint density at radius 2 is 1.78 bits per heavy atom. The van der Waals surface area contributed by atoms with Gasteiger partial charge in [0.05, 0.1) is 32.5 Å². The van der Waals surface area contributed by atoms with Crippen molar-refractivity contribution in [2.24, 2.45) is 4.99 Å². The average molecular weight is 780 g/mol. The number of aliphatic hydroxyl groups excluding tert-OH is 1. The second-order valence-electron chi connectivity index (χ2n) is 13.9. The van der Waals surface area contributed by atoms with E-state index in [1.807, 2.05) is 33.8 Å². The molecular formula is C37H38ClN5O12. The summed E-state index contributed by atoms with van der Waals surface area (Å²) in [7, 11) is 0. The lowest BCUT2D eigenvalue weighted by Gasteiger charge is -2.32. The van der Waals surface area contributed by atoms with Crippen molar-refractivity contribution in [3.05, 3.63) is 90.2 Å². The Morgan fingerprint density at radius 1 is 1.11 bits per heavy atom. The minimum Gasteiger partial charge on any atom is -0.456 e. The van der Waals surface area contributed by atoms with Crippen molar-refractivity contribution in [2.45, 2.75) is 91.1 Å². The van der Waals surface area contributed by atoms with Crippen LogP contribution in [0, 0.1) is 40.0 Å². The summed E-state index contributed by atoms with van der Waals surface area (Å²) in [6, 6.07) is 2.78. The number of rotatable bonds is 11. The highest BCUT2D eigenvalue weighted by Gasteiger charge is 2.53. The minimum absolute atomic E-state index is 0.127. The molecule has 3 atom stereocenters. The van der Waals surface area contributed by atoms with Crippen LogP contribution in [0.4, 0.5) is 0 Å². The average Bonchev–Trinajstić information content (AvgIpc) is 3.83. The fraction of sp³-hybridized carbons (Fsp3) is 0.432. The molecule has 0 radical (unpaired) electrons. The summed E-state index contributed by atoms with van der Waals surface area (Å²) in [5, 5.41) is 10.4. The molecule has 1 saturated heterocycles. The molecule has 1 aliphatic rings.